The van der Waals surface area contributed by atoms with Gasteiger partial charge in [-0.15, -0.1) is 0 Å². The lowest BCUT2D eigenvalue weighted by molar-refractivity contribution is -0.141. The second-order valence-corrected chi connectivity index (χ2v) is 7.42. The molecule has 2 saturated heterocycles. The first-order valence-electron chi connectivity index (χ1n) is 8.09. The van der Waals surface area contributed by atoms with Crippen molar-refractivity contribution in [3.05, 3.63) is 24.3 Å². The molecule has 2 heterocycles. The third-order valence-corrected chi connectivity index (χ3v) is 5.20. The topological polar surface area (TPSA) is 76.1 Å². The molecule has 1 aromatic carbocycles. The first-order chi connectivity index (χ1) is 11.1. The van der Waals surface area contributed by atoms with Crippen LogP contribution in [0.4, 0.5) is 5.69 Å². The van der Waals surface area contributed by atoms with Gasteiger partial charge in [-0.1, -0.05) is 12.1 Å². The van der Waals surface area contributed by atoms with Crippen molar-refractivity contribution in [1.82, 2.24) is 0 Å². The number of anilines is 1. The highest BCUT2D eigenvalue weighted by molar-refractivity contribution is 6.62. The molecule has 24 heavy (non-hydrogen) atoms. The Hall–Kier alpha value is -1.86. The molecule has 0 spiro atoms. The van der Waals surface area contributed by atoms with E-state index in [2.05, 4.69) is 0 Å². The fraction of sp³-hybridized carbons (Fsp3) is 0.529. The fourth-order valence-electron chi connectivity index (χ4n) is 2.91. The molecule has 6 nitrogen and oxygen atoms in total. The molecule has 1 aromatic rings. The van der Waals surface area contributed by atoms with Gasteiger partial charge in [-0.25, -0.2) is 0 Å². The monoisotopic (exact) mass is 331 g/mol. The summed E-state index contributed by atoms with van der Waals surface area (Å²) in [5.41, 5.74) is 0.759. The summed E-state index contributed by atoms with van der Waals surface area (Å²) < 4.78 is 12.0. The summed E-state index contributed by atoms with van der Waals surface area (Å²) in [6.07, 6.45) is 0.0499. The Morgan fingerprint density at radius 2 is 1.71 bits per heavy atom. The molecule has 1 N–H and O–H groups in total. The van der Waals surface area contributed by atoms with Crippen molar-refractivity contribution >= 4 is 30.1 Å². The molecule has 2 aliphatic rings. The Bertz CT molecular complexity index is 654. The molecule has 0 aromatic heterocycles. The lowest BCUT2D eigenvalue weighted by atomic mass is 9.79. The maximum absolute atomic E-state index is 12.0. The molecule has 0 saturated carbocycles. The molecular weight excluding hydrogens is 309 g/mol. The minimum absolute atomic E-state index is 0.0499. The van der Waals surface area contributed by atoms with Gasteiger partial charge in [0, 0.05) is 18.7 Å². The van der Waals surface area contributed by atoms with Crippen LogP contribution in [-0.4, -0.2) is 41.8 Å². The van der Waals surface area contributed by atoms with E-state index in [0.717, 1.165) is 5.46 Å². The van der Waals surface area contributed by atoms with Gasteiger partial charge in [0.2, 0.25) is 5.91 Å². The van der Waals surface area contributed by atoms with Crippen LogP contribution in [-0.2, 0) is 18.9 Å². The first-order valence-corrected chi connectivity index (χ1v) is 8.09. The number of carbonyl (C=O) groups is 2. The number of aliphatic carboxylic acids is 1. The molecule has 7 heteroatoms. The Kier molecular flexibility index (Phi) is 3.96. The van der Waals surface area contributed by atoms with Crippen LogP contribution in [0.15, 0.2) is 24.3 Å². The van der Waals surface area contributed by atoms with E-state index < -0.39 is 30.2 Å². The average Bonchev–Trinajstić information content (AvgIpc) is 2.97. The van der Waals surface area contributed by atoms with E-state index in [9.17, 15) is 9.59 Å². The van der Waals surface area contributed by atoms with Crippen molar-refractivity contribution in [1.29, 1.82) is 0 Å². The predicted octanol–water partition coefficient (Wildman–Crippen LogP) is 1.42. The molecule has 1 atom stereocenters. The standard InChI is InChI=1S/C17H22BNO5/c1-16(2)17(3,4)24-18(23-16)12-5-7-13(8-6-12)19-10-11(15(21)22)9-14(19)20/h5-8,11H,9-10H2,1-4H3,(H,21,22)/t11-/m0/s1. The number of carbonyl (C=O) groups excluding carboxylic acids is 1. The third-order valence-electron chi connectivity index (χ3n) is 5.20. The number of rotatable bonds is 3. The van der Waals surface area contributed by atoms with E-state index in [-0.39, 0.29) is 18.9 Å². The summed E-state index contributed by atoms with van der Waals surface area (Å²) >= 11 is 0. The van der Waals surface area contributed by atoms with Crippen LogP contribution in [0.5, 0.6) is 0 Å². The summed E-state index contributed by atoms with van der Waals surface area (Å²) in [6.45, 7) is 8.20. The van der Waals surface area contributed by atoms with E-state index >= 15 is 0 Å². The molecule has 0 aliphatic carbocycles. The zero-order valence-electron chi connectivity index (χ0n) is 14.4. The fourth-order valence-corrected chi connectivity index (χ4v) is 2.91. The first kappa shape index (κ1) is 17.0. The third kappa shape index (κ3) is 2.82. The summed E-state index contributed by atoms with van der Waals surface area (Å²) in [7, 11) is -0.454. The number of benzene rings is 1. The van der Waals surface area contributed by atoms with Crippen LogP contribution in [0.25, 0.3) is 0 Å². The van der Waals surface area contributed by atoms with Gasteiger partial charge < -0.3 is 19.3 Å². The largest absolute Gasteiger partial charge is 0.494 e. The van der Waals surface area contributed by atoms with Crippen molar-refractivity contribution in [2.45, 2.75) is 45.3 Å². The zero-order chi connectivity index (χ0) is 17.7. The molecular formula is C17H22BNO5. The highest BCUT2D eigenvalue weighted by Crippen LogP contribution is 2.36. The van der Waals surface area contributed by atoms with Crippen LogP contribution in [0.1, 0.15) is 34.1 Å². The van der Waals surface area contributed by atoms with E-state index in [1.165, 1.54) is 4.90 Å². The lowest BCUT2D eigenvalue weighted by Gasteiger charge is -2.32. The molecule has 2 fully saturated rings. The molecule has 0 radical (unpaired) electrons. The Morgan fingerprint density at radius 1 is 1.17 bits per heavy atom. The number of amides is 1. The van der Waals surface area contributed by atoms with Crippen molar-refractivity contribution in [3.8, 4) is 0 Å². The highest BCUT2D eigenvalue weighted by Gasteiger charge is 2.51. The summed E-state index contributed by atoms with van der Waals surface area (Å²) in [5.74, 6) is -1.73. The predicted molar refractivity (Wildman–Crippen MR) is 90.3 cm³/mol. The van der Waals surface area contributed by atoms with E-state index in [1.807, 2.05) is 52.0 Å². The minimum Gasteiger partial charge on any atom is -0.481 e. The van der Waals surface area contributed by atoms with Crippen LogP contribution in [0, 0.1) is 5.92 Å². The summed E-state index contributed by atoms with van der Waals surface area (Å²) in [4.78, 5) is 24.6. The van der Waals surface area contributed by atoms with Crippen molar-refractivity contribution in [2.75, 3.05) is 11.4 Å². The number of nitrogens with zero attached hydrogens (tertiary/aromatic N) is 1. The number of hydrogen-bond acceptors (Lipinski definition) is 4. The van der Waals surface area contributed by atoms with Crippen molar-refractivity contribution in [2.24, 2.45) is 5.92 Å². The van der Waals surface area contributed by atoms with Gasteiger partial charge in [0.05, 0.1) is 17.1 Å². The summed E-state index contributed by atoms with van der Waals surface area (Å²) in [5, 5.41) is 9.07. The average molecular weight is 331 g/mol. The van der Waals surface area contributed by atoms with E-state index in [1.54, 1.807) is 0 Å². The SMILES string of the molecule is CC1(C)OB(c2ccc(N3C[C@@H](C(=O)O)CC3=O)cc2)OC1(C)C. The van der Waals surface area contributed by atoms with Gasteiger partial charge in [-0.05, 0) is 45.3 Å². The maximum atomic E-state index is 12.0. The molecule has 1 amide bonds. The summed E-state index contributed by atoms with van der Waals surface area (Å²) in [6, 6.07) is 7.34. The smallest absolute Gasteiger partial charge is 0.481 e. The minimum atomic E-state index is -0.931. The van der Waals surface area contributed by atoms with Gasteiger partial charge >= 0.3 is 13.1 Å². The molecule has 128 valence electrons. The van der Waals surface area contributed by atoms with Gasteiger partial charge in [0.15, 0.2) is 0 Å². The van der Waals surface area contributed by atoms with Crippen LogP contribution in [0.3, 0.4) is 0 Å². The Labute approximate surface area is 141 Å². The van der Waals surface area contributed by atoms with E-state index in [0.29, 0.717) is 5.69 Å². The second-order valence-electron chi connectivity index (χ2n) is 7.42. The van der Waals surface area contributed by atoms with Gasteiger partial charge in [0.1, 0.15) is 0 Å². The quantitative estimate of drug-likeness (QED) is 0.848. The normalized spacial score (nSPS) is 25.3. The van der Waals surface area contributed by atoms with Crippen LogP contribution >= 0.6 is 0 Å². The number of hydrogen-bond donors (Lipinski definition) is 1. The zero-order valence-corrected chi connectivity index (χ0v) is 14.4. The number of carboxylic acid groups (broad SMARTS) is 1. The van der Waals surface area contributed by atoms with Crippen LogP contribution < -0.4 is 10.4 Å². The van der Waals surface area contributed by atoms with Crippen LogP contribution in [0.2, 0.25) is 0 Å². The molecule has 0 unspecified atom stereocenters. The van der Waals surface area contributed by atoms with Gasteiger partial charge in [0.25, 0.3) is 0 Å². The highest BCUT2D eigenvalue weighted by atomic mass is 16.7. The van der Waals surface area contributed by atoms with Gasteiger partial charge in [-0.2, -0.15) is 0 Å². The van der Waals surface area contributed by atoms with Gasteiger partial charge in [-0.3, -0.25) is 9.59 Å². The molecule has 3 rings (SSSR count). The number of carboxylic acids is 1. The Morgan fingerprint density at radius 3 is 2.17 bits per heavy atom. The second kappa shape index (κ2) is 5.60. The molecule has 2 aliphatic heterocycles. The molecule has 0 bridgehead atoms. The maximum Gasteiger partial charge on any atom is 0.494 e. The lowest BCUT2D eigenvalue weighted by Crippen LogP contribution is -2.41. The van der Waals surface area contributed by atoms with E-state index in [4.69, 9.17) is 14.4 Å². The van der Waals surface area contributed by atoms with Crippen molar-refractivity contribution < 1.29 is 24.0 Å². The Balaban J connectivity index is 1.75. The van der Waals surface area contributed by atoms with Crippen molar-refractivity contribution in [3.63, 3.8) is 0 Å².